The minimum Gasteiger partial charge on any atom is -0.443 e. The highest BCUT2D eigenvalue weighted by Crippen LogP contribution is 2.30. The Labute approximate surface area is 188 Å². The molecule has 5 aromatic rings. The van der Waals surface area contributed by atoms with Crippen molar-refractivity contribution in [2.75, 3.05) is 13.1 Å². The fourth-order valence-corrected chi connectivity index (χ4v) is 4.83. The molecule has 1 aliphatic heterocycles. The Bertz CT molecular complexity index is 1430. The molecule has 1 fully saturated rings. The molecule has 1 aliphatic rings. The number of halogens is 1. The van der Waals surface area contributed by atoms with Crippen LogP contribution in [0.15, 0.2) is 53.3 Å². The summed E-state index contributed by atoms with van der Waals surface area (Å²) in [6, 6.07) is 12.2. The van der Waals surface area contributed by atoms with Gasteiger partial charge in [-0.05, 0) is 48.4 Å². The van der Waals surface area contributed by atoms with E-state index in [-0.39, 0.29) is 6.10 Å². The Hall–Kier alpha value is -3.20. The van der Waals surface area contributed by atoms with E-state index in [0.717, 1.165) is 45.9 Å². The Morgan fingerprint density at radius 2 is 1.88 bits per heavy atom. The summed E-state index contributed by atoms with van der Waals surface area (Å²) in [5.74, 6) is 1.38. The molecule has 4 aromatic heterocycles. The maximum atomic E-state index is 9.58. The molecule has 162 valence electrons. The number of nitrogens with zero attached hydrogens (tertiary/aromatic N) is 6. The first kappa shape index (κ1) is 19.5. The van der Waals surface area contributed by atoms with Gasteiger partial charge in [0.15, 0.2) is 5.65 Å². The van der Waals surface area contributed by atoms with Crippen LogP contribution in [0, 0.1) is 6.92 Å². The topological polar surface area (TPSA) is 84.6 Å². The molecule has 9 heteroatoms. The Morgan fingerprint density at radius 1 is 1.06 bits per heavy atom. The van der Waals surface area contributed by atoms with E-state index >= 15 is 0 Å². The van der Waals surface area contributed by atoms with Gasteiger partial charge in [-0.25, -0.2) is 4.98 Å². The minimum absolute atomic E-state index is 0.221. The van der Waals surface area contributed by atoms with Crippen molar-refractivity contribution < 1.29 is 9.52 Å². The second-order valence-corrected chi connectivity index (χ2v) is 8.75. The summed E-state index contributed by atoms with van der Waals surface area (Å²) in [5, 5.41) is 18.8. The van der Waals surface area contributed by atoms with Crippen LogP contribution in [0.2, 0.25) is 5.02 Å². The number of pyridine rings is 1. The van der Waals surface area contributed by atoms with Gasteiger partial charge in [-0.15, -0.1) is 10.2 Å². The van der Waals surface area contributed by atoms with E-state index in [0.29, 0.717) is 30.5 Å². The summed E-state index contributed by atoms with van der Waals surface area (Å²) >= 11 is 6.48. The summed E-state index contributed by atoms with van der Waals surface area (Å²) in [4.78, 5) is 6.59. The number of β-amino-alcohol motifs (C(OH)–C–C–N with tert-alkyl or cyclic N) is 1. The molecule has 0 aliphatic carbocycles. The average molecular weight is 449 g/mol. The first-order chi connectivity index (χ1) is 15.5. The Kier molecular flexibility index (Phi) is 4.53. The second kappa shape index (κ2) is 7.44. The molecule has 0 radical (unpaired) electrons. The van der Waals surface area contributed by atoms with Gasteiger partial charge in [0, 0.05) is 31.2 Å². The number of aryl methyl sites for hydroxylation is 1. The molecule has 0 unspecified atom stereocenters. The molecule has 0 amide bonds. The van der Waals surface area contributed by atoms with Crippen LogP contribution in [0.5, 0.6) is 0 Å². The first-order valence-electron chi connectivity index (χ1n) is 10.5. The zero-order valence-electron chi connectivity index (χ0n) is 17.4. The van der Waals surface area contributed by atoms with E-state index < -0.39 is 0 Å². The predicted molar refractivity (Wildman–Crippen MR) is 121 cm³/mol. The smallest absolute Gasteiger partial charge is 0.243 e. The molecular weight excluding hydrogens is 428 g/mol. The van der Waals surface area contributed by atoms with Crippen molar-refractivity contribution >= 4 is 28.3 Å². The summed E-state index contributed by atoms with van der Waals surface area (Å²) in [6.45, 7) is 4.71. The maximum absolute atomic E-state index is 9.58. The summed E-state index contributed by atoms with van der Waals surface area (Å²) < 4.78 is 9.88. The molecule has 1 aromatic carbocycles. The molecule has 0 bridgehead atoms. The number of oxazole rings is 1. The first-order valence-corrected chi connectivity index (χ1v) is 10.9. The number of aliphatic hydroxyl groups is 1. The number of likely N-dealkylation sites (tertiary alicyclic amines) is 1. The summed E-state index contributed by atoms with van der Waals surface area (Å²) in [5.41, 5.74) is 5.91. The van der Waals surface area contributed by atoms with Crippen molar-refractivity contribution in [1.29, 1.82) is 0 Å². The second-order valence-electron chi connectivity index (χ2n) is 8.31. The fraction of sp³-hybridized carbons (Fsp3) is 0.261. The van der Waals surface area contributed by atoms with Gasteiger partial charge in [0.25, 0.3) is 0 Å². The van der Waals surface area contributed by atoms with Crippen molar-refractivity contribution in [3.05, 3.63) is 70.8 Å². The number of hydrogen-bond donors (Lipinski definition) is 1. The lowest BCUT2D eigenvalue weighted by Crippen LogP contribution is -2.49. The zero-order valence-corrected chi connectivity index (χ0v) is 18.2. The molecule has 0 atom stereocenters. The molecule has 1 N–H and O–H groups in total. The number of benzene rings is 1. The van der Waals surface area contributed by atoms with Crippen LogP contribution in [-0.4, -0.2) is 53.3 Å². The van der Waals surface area contributed by atoms with Crippen molar-refractivity contribution in [3.63, 3.8) is 0 Å². The van der Waals surface area contributed by atoms with Crippen molar-refractivity contribution in [2.24, 2.45) is 0 Å². The quantitative estimate of drug-likeness (QED) is 0.443. The molecule has 1 saturated heterocycles. The van der Waals surface area contributed by atoms with Gasteiger partial charge in [-0.2, -0.15) is 0 Å². The highest BCUT2D eigenvalue weighted by atomic mass is 35.5. The van der Waals surface area contributed by atoms with Crippen LogP contribution in [0.4, 0.5) is 0 Å². The third kappa shape index (κ3) is 3.28. The van der Waals surface area contributed by atoms with E-state index in [1.807, 2.05) is 29.5 Å². The summed E-state index contributed by atoms with van der Waals surface area (Å²) in [6.07, 6.45) is 3.01. The van der Waals surface area contributed by atoms with Crippen LogP contribution in [0.1, 0.15) is 17.0 Å². The average Bonchev–Trinajstić information content (AvgIpc) is 3.46. The number of hydrogen-bond acceptors (Lipinski definition) is 6. The Morgan fingerprint density at radius 3 is 2.62 bits per heavy atom. The molecule has 0 saturated carbocycles. The van der Waals surface area contributed by atoms with Gasteiger partial charge in [0.2, 0.25) is 5.89 Å². The molecule has 5 heterocycles. The van der Waals surface area contributed by atoms with Gasteiger partial charge in [-0.3, -0.25) is 9.30 Å². The lowest BCUT2D eigenvalue weighted by molar-refractivity contribution is -0.00287. The van der Waals surface area contributed by atoms with Crippen LogP contribution >= 0.6 is 11.6 Å². The van der Waals surface area contributed by atoms with E-state index in [9.17, 15) is 5.11 Å². The van der Waals surface area contributed by atoms with Crippen LogP contribution in [0.25, 0.3) is 28.3 Å². The zero-order chi connectivity index (χ0) is 21.8. The van der Waals surface area contributed by atoms with E-state index in [2.05, 4.69) is 42.8 Å². The molecule has 6 rings (SSSR count). The SMILES string of the molecule is Cc1nnc2ccc3c(cc(-c4ncco4)n3Cc3cc(Cl)cc(CN4CC(O)C4)c3)n12. The van der Waals surface area contributed by atoms with Crippen molar-refractivity contribution in [1.82, 2.24) is 29.0 Å². The van der Waals surface area contributed by atoms with E-state index in [1.165, 1.54) is 0 Å². The van der Waals surface area contributed by atoms with E-state index in [1.54, 1.807) is 12.5 Å². The molecule has 8 nitrogen and oxygen atoms in total. The monoisotopic (exact) mass is 448 g/mol. The lowest BCUT2D eigenvalue weighted by atomic mass is 10.1. The standard InChI is InChI=1S/C23H21ClN6O2/c1-14-26-27-22-3-2-19-20(30(14)22)9-21(23-25-4-5-32-23)29(19)11-16-6-15(7-17(24)8-16)10-28-12-18(31)13-28/h2-9,18,31H,10-13H2,1H3. The maximum Gasteiger partial charge on any atom is 0.243 e. The van der Waals surface area contributed by atoms with Gasteiger partial charge in [0.1, 0.15) is 17.8 Å². The fourth-order valence-electron chi connectivity index (χ4n) is 4.55. The van der Waals surface area contributed by atoms with Crippen molar-refractivity contribution in [2.45, 2.75) is 26.1 Å². The molecule has 32 heavy (non-hydrogen) atoms. The highest BCUT2D eigenvalue weighted by molar-refractivity contribution is 6.30. The third-order valence-electron chi connectivity index (χ3n) is 5.95. The predicted octanol–water partition coefficient (Wildman–Crippen LogP) is 3.53. The van der Waals surface area contributed by atoms with Gasteiger partial charge in [0.05, 0.1) is 23.3 Å². The van der Waals surface area contributed by atoms with Gasteiger partial charge < -0.3 is 14.1 Å². The number of aromatic nitrogens is 5. The van der Waals surface area contributed by atoms with Gasteiger partial charge in [-0.1, -0.05) is 17.7 Å². The van der Waals surface area contributed by atoms with Crippen molar-refractivity contribution in [3.8, 4) is 11.6 Å². The number of aliphatic hydroxyl groups excluding tert-OH is 1. The largest absolute Gasteiger partial charge is 0.443 e. The minimum atomic E-state index is -0.221. The normalized spacial score (nSPS) is 15.1. The third-order valence-corrected chi connectivity index (χ3v) is 6.17. The summed E-state index contributed by atoms with van der Waals surface area (Å²) in [7, 11) is 0. The molecular formula is C23H21ClN6O2. The van der Waals surface area contributed by atoms with Crippen LogP contribution in [-0.2, 0) is 13.1 Å². The Balaban J connectivity index is 1.46. The lowest BCUT2D eigenvalue weighted by Gasteiger charge is -2.35. The highest BCUT2D eigenvalue weighted by Gasteiger charge is 2.24. The molecule has 0 spiro atoms. The van der Waals surface area contributed by atoms with Crippen LogP contribution in [0.3, 0.4) is 0 Å². The number of rotatable bonds is 5. The van der Waals surface area contributed by atoms with Gasteiger partial charge >= 0.3 is 0 Å². The van der Waals surface area contributed by atoms with Crippen LogP contribution < -0.4 is 0 Å². The number of fused-ring (bicyclic) bond motifs is 3. The van der Waals surface area contributed by atoms with E-state index in [4.69, 9.17) is 16.0 Å².